The average Bonchev–Trinajstić information content (AvgIpc) is 2.28. The Hall–Kier alpha value is -0.770. The van der Waals surface area contributed by atoms with Crippen LogP contribution in [-0.2, 0) is 0 Å². The van der Waals surface area contributed by atoms with Gasteiger partial charge >= 0.3 is 0 Å². The van der Waals surface area contributed by atoms with Crippen molar-refractivity contribution in [3.8, 4) is 5.75 Å². The van der Waals surface area contributed by atoms with Crippen LogP contribution in [0, 0.1) is 0 Å². The molecule has 0 saturated carbocycles. The van der Waals surface area contributed by atoms with Gasteiger partial charge in [-0.15, -0.1) is 0 Å². The predicted molar refractivity (Wildman–Crippen MR) is 75.5 cm³/mol. The molecule has 1 aliphatic heterocycles. The lowest BCUT2D eigenvalue weighted by molar-refractivity contribution is 0.0548. The first-order valence-electron chi connectivity index (χ1n) is 6.43. The third kappa shape index (κ3) is 4.16. The molecule has 100 valence electrons. The molecule has 1 fully saturated rings. The highest BCUT2D eigenvalue weighted by atomic mass is 35.5. The fraction of sp³-hybridized carbons (Fsp3) is 0.571. The number of piperazine rings is 1. The molecule has 2 rings (SSSR count). The van der Waals surface area contributed by atoms with Crippen LogP contribution in [0.15, 0.2) is 24.3 Å². The molecular formula is C14H21ClN2O. The molecule has 0 unspecified atom stereocenters. The maximum atomic E-state index is 6.04. The van der Waals surface area contributed by atoms with E-state index in [1.54, 1.807) is 0 Å². The molecule has 0 aliphatic carbocycles. The number of nitrogens with zero attached hydrogens (tertiary/aromatic N) is 1. The van der Waals surface area contributed by atoms with Crippen molar-refractivity contribution >= 4 is 11.6 Å². The zero-order valence-electron chi connectivity index (χ0n) is 11.1. The fourth-order valence-electron chi connectivity index (χ4n) is 2.29. The van der Waals surface area contributed by atoms with Gasteiger partial charge in [0.1, 0.15) is 11.4 Å². The van der Waals surface area contributed by atoms with E-state index in [0.29, 0.717) is 5.02 Å². The second-order valence-electron chi connectivity index (χ2n) is 5.35. The molecule has 1 saturated heterocycles. The largest absolute Gasteiger partial charge is 0.486 e. The van der Waals surface area contributed by atoms with Crippen molar-refractivity contribution in [2.75, 3.05) is 32.7 Å². The van der Waals surface area contributed by atoms with Crippen LogP contribution < -0.4 is 10.1 Å². The van der Waals surface area contributed by atoms with Crippen molar-refractivity contribution in [3.63, 3.8) is 0 Å². The molecule has 1 heterocycles. The van der Waals surface area contributed by atoms with Crippen LogP contribution in [0.4, 0.5) is 0 Å². The van der Waals surface area contributed by atoms with E-state index >= 15 is 0 Å². The summed E-state index contributed by atoms with van der Waals surface area (Å²) >= 11 is 5.97. The molecule has 1 aromatic carbocycles. The summed E-state index contributed by atoms with van der Waals surface area (Å²) in [7, 11) is 0. The highest BCUT2D eigenvalue weighted by molar-refractivity contribution is 6.30. The van der Waals surface area contributed by atoms with Gasteiger partial charge in [0.15, 0.2) is 0 Å². The highest BCUT2D eigenvalue weighted by Crippen LogP contribution is 2.22. The highest BCUT2D eigenvalue weighted by Gasteiger charge is 2.24. The van der Waals surface area contributed by atoms with Gasteiger partial charge in [-0.2, -0.15) is 0 Å². The van der Waals surface area contributed by atoms with Crippen LogP contribution in [0.5, 0.6) is 5.75 Å². The van der Waals surface area contributed by atoms with Crippen LogP contribution in [0.1, 0.15) is 13.8 Å². The van der Waals surface area contributed by atoms with E-state index in [1.807, 2.05) is 24.3 Å². The van der Waals surface area contributed by atoms with Crippen LogP contribution in [0.25, 0.3) is 0 Å². The van der Waals surface area contributed by atoms with Gasteiger partial charge in [-0.1, -0.05) is 17.7 Å². The average molecular weight is 269 g/mol. The van der Waals surface area contributed by atoms with E-state index in [9.17, 15) is 0 Å². The first-order chi connectivity index (χ1) is 8.55. The van der Waals surface area contributed by atoms with E-state index in [2.05, 4.69) is 24.1 Å². The second-order valence-corrected chi connectivity index (χ2v) is 5.78. The molecule has 1 N–H and O–H groups in total. The second kappa shape index (κ2) is 5.91. The Morgan fingerprint density at radius 2 is 2.06 bits per heavy atom. The molecule has 4 heteroatoms. The summed E-state index contributed by atoms with van der Waals surface area (Å²) in [6, 6.07) is 7.59. The summed E-state index contributed by atoms with van der Waals surface area (Å²) < 4.78 is 6.04. The summed E-state index contributed by atoms with van der Waals surface area (Å²) in [5.74, 6) is 0.836. The van der Waals surface area contributed by atoms with Crippen LogP contribution in [0.2, 0.25) is 5.02 Å². The Kier molecular flexibility index (Phi) is 4.49. The lowest BCUT2D eigenvalue weighted by Gasteiger charge is -2.35. The lowest BCUT2D eigenvalue weighted by atomic mass is 10.1. The van der Waals surface area contributed by atoms with E-state index < -0.39 is 0 Å². The van der Waals surface area contributed by atoms with Crippen LogP contribution in [-0.4, -0.2) is 43.2 Å². The van der Waals surface area contributed by atoms with E-state index in [4.69, 9.17) is 16.3 Å². The van der Waals surface area contributed by atoms with Gasteiger partial charge in [-0.3, -0.25) is 4.90 Å². The van der Waals surface area contributed by atoms with Gasteiger partial charge in [-0.25, -0.2) is 0 Å². The molecule has 0 atom stereocenters. The van der Waals surface area contributed by atoms with Crippen LogP contribution in [0.3, 0.4) is 0 Å². The van der Waals surface area contributed by atoms with Crippen molar-refractivity contribution in [2.24, 2.45) is 0 Å². The summed E-state index contributed by atoms with van der Waals surface area (Å²) in [5, 5.41) is 4.07. The van der Waals surface area contributed by atoms with Crippen molar-refractivity contribution in [1.29, 1.82) is 0 Å². The van der Waals surface area contributed by atoms with Gasteiger partial charge in [0, 0.05) is 37.7 Å². The minimum Gasteiger partial charge on any atom is -0.486 e. The summed E-state index contributed by atoms with van der Waals surface area (Å²) in [5.41, 5.74) is -0.206. The summed E-state index contributed by atoms with van der Waals surface area (Å²) in [6.07, 6.45) is 0. The van der Waals surface area contributed by atoms with E-state index in [1.165, 1.54) is 0 Å². The zero-order chi connectivity index (χ0) is 13.0. The molecule has 18 heavy (non-hydrogen) atoms. The number of hydrogen-bond donors (Lipinski definition) is 1. The molecule has 0 amide bonds. The quantitative estimate of drug-likeness (QED) is 0.908. The number of hydrogen-bond acceptors (Lipinski definition) is 3. The SMILES string of the molecule is CC(C)(CN1CCNCC1)Oc1cccc(Cl)c1. The molecule has 0 spiro atoms. The Morgan fingerprint density at radius 1 is 1.33 bits per heavy atom. The molecule has 0 aromatic heterocycles. The fourth-order valence-corrected chi connectivity index (χ4v) is 2.47. The number of ether oxygens (including phenoxy) is 1. The Balaban J connectivity index is 1.93. The smallest absolute Gasteiger partial charge is 0.121 e. The Bertz CT molecular complexity index is 389. The molecule has 1 aromatic rings. The maximum Gasteiger partial charge on any atom is 0.121 e. The van der Waals surface area contributed by atoms with Gasteiger partial charge in [0.2, 0.25) is 0 Å². The lowest BCUT2D eigenvalue weighted by Crippen LogP contribution is -2.50. The van der Waals surface area contributed by atoms with Gasteiger partial charge < -0.3 is 10.1 Å². The Labute approximate surface area is 114 Å². The third-order valence-corrected chi connectivity index (χ3v) is 3.24. The standard InChI is InChI=1S/C14H21ClN2O/c1-14(2,11-17-8-6-16-7-9-17)18-13-5-3-4-12(15)10-13/h3-5,10,16H,6-9,11H2,1-2H3. The van der Waals surface area contributed by atoms with E-state index in [-0.39, 0.29) is 5.60 Å². The van der Waals surface area contributed by atoms with Gasteiger partial charge in [-0.05, 0) is 32.0 Å². The first kappa shape index (κ1) is 13.7. The minimum absolute atomic E-state index is 0.206. The number of halogens is 1. The number of benzene rings is 1. The molecular weight excluding hydrogens is 248 g/mol. The summed E-state index contributed by atoms with van der Waals surface area (Å²) in [6.45, 7) is 9.47. The monoisotopic (exact) mass is 268 g/mol. The van der Waals surface area contributed by atoms with Crippen molar-refractivity contribution in [2.45, 2.75) is 19.4 Å². The predicted octanol–water partition coefficient (Wildman–Crippen LogP) is 2.40. The third-order valence-electron chi connectivity index (χ3n) is 3.00. The van der Waals surface area contributed by atoms with Crippen molar-refractivity contribution in [1.82, 2.24) is 10.2 Å². The molecule has 0 radical (unpaired) electrons. The van der Waals surface area contributed by atoms with Gasteiger partial charge in [0.25, 0.3) is 0 Å². The van der Waals surface area contributed by atoms with Crippen molar-refractivity contribution in [3.05, 3.63) is 29.3 Å². The topological polar surface area (TPSA) is 24.5 Å². The van der Waals surface area contributed by atoms with Gasteiger partial charge in [0.05, 0.1) is 0 Å². The summed E-state index contributed by atoms with van der Waals surface area (Å²) in [4.78, 5) is 2.43. The normalized spacial score (nSPS) is 17.7. The molecule has 3 nitrogen and oxygen atoms in total. The number of nitrogens with one attached hydrogen (secondary N) is 1. The van der Waals surface area contributed by atoms with Crippen LogP contribution >= 0.6 is 11.6 Å². The first-order valence-corrected chi connectivity index (χ1v) is 6.81. The maximum absolute atomic E-state index is 6.04. The van der Waals surface area contributed by atoms with E-state index in [0.717, 1.165) is 38.5 Å². The molecule has 1 aliphatic rings. The Morgan fingerprint density at radius 3 is 2.72 bits per heavy atom. The van der Waals surface area contributed by atoms with Crippen molar-refractivity contribution < 1.29 is 4.74 Å². The molecule has 0 bridgehead atoms. The zero-order valence-corrected chi connectivity index (χ0v) is 11.8. The minimum atomic E-state index is -0.206. The number of rotatable bonds is 4.